The van der Waals surface area contributed by atoms with Crippen LogP contribution in [0.4, 0.5) is 4.39 Å². The minimum atomic E-state index is -3.41. The lowest BCUT2D eigenvalue weighted by Gasteiger charge is -2.11. The molecule has 0 spiro atoms. The second kappa shape index (κ2) is 3.17. The highest BCUT2D eigenvalue weighted by atomic mass is 32.2. The summed E-state index contributed by atoms with van der Waals surface area (Å²) in [4.78, 5) is 0.0649. The van der Waals surface area contributed by atoms with Crippen LogP contribution < -0.4 is 0 Å². The zero-order valence-electron chi connectivity index (χ0n) is 8.99. The van der Waals surface area contributed by atoms with Gasteiger partial charge in [-0.15, -0.1) is 0 Å². The van der Waals surface area contributed by atoms with E-state index in [4.69, 9.17) is 0 Å². The van der Waals surface area contributed by atoms with Crippen molar-refractivity contribution in [1.82, 2.24) is 0 Å². The number of halogens is 1. The predicted molar refractivity (Wildman–Crippen MR) is 64.5 cm³/mol. The molecule has 2 nitrogen and oxygen atoms in total. The molecule has 0 aliphatic heterocycles. The third-order valence-electron chi connectivity index (χ3n) is 2.88. The minimum Gasteiger partial charge on any atom is -0.224 e. The van der Waals surface area contributed by atoms with Gasteiger partial charge in [-0.05, 0) is 16.8 Å². The molecule has 0 aromatic heterocycles. The van der Waals surface area contributed by atoms with Crippen molar-refractivity contribution in [1.29, 1.82) is 0 Å². The smallest absolute Gasteiger partial charge is 0.176 e. The molecule has 85 valence electrons. The van der Waals surface area contributed by atoms with E-state index in [1.807, 2.05) is 0 Å². The Morgan fingerprint density at radius 2 is 1.94 bits per heavy atom. The summed E-state index contributed by atoms with van der Waals surface area (Å²) >= 11 is 0. The molecule has 4 rings (SSSR count). The van der Waals surface area contributed by atoms with Crippen LogP contribution in [0.5, 0.6) is 0 Å². The van der Waals surface area contributed by atoms with Gasteiger partial charge < -0.3 is 0 Å². The van der Waals surface area contributed by atoms with E-state index in [2.05, 4.69) is 6.07 Å². The van der Waals surface area contributed by atoms with E-state index in [9.17, 15) is 12.8 Å². The highest BCUT2D eigenvalue weighted by Crippen LogP contribution is 2.34. The molecule has 0 fully saturated rings. The second-order valence-corrected chi connectivity index (χ2v) is 6.01. The summed E-state index contributed by atoms with van der Waals surface area (Å²) in [6.07, 6.45) is 1.11. The van der Waals surface area contributed by atoms with Crippen LogP contribution in [0.3, 0.4) is 0 Å². The van der Waals surface area contributed by atoms with Crippen LogP contribution in [0.1, 0.15) is 0 Å². The normalized spacial score (nSPS) is 12.6. The van der Waals surface area contributed by atoms with E-state index in [1.54, 1.807) is 24.3 Å². The van der Waals surface area contributed by atoms with Crippen molar-refractivity contribution >= 4 is 31.4 Å². The summed E-state index contributed by atoms with van der Waals surface area (Å²) < 4.78 is 37.0. The Balaban J connectivity index is 2.66. The maximum absolute atomic E-state index is 13.7. The maximum Gasteiger partial charge on any atom is 0.176 e. The molecule has 4 aromatic carbocycles. The average Bonchev–Trinajstić information content (AvgIpc) is 2.28. The molecular weight excluding hydrogens is 239 g/mol. The van der Waals surface area contributed by atoms with E-state index in [0.717, 1.165) is 11.6 Å². The van der Waals surface area contributed by atoms with Gasteiger partial charge in [0.05, 0.1) is 4.90 Å². The highest BCUT2D eigenvalue weighted by Gasteiger charge is 2.17. The summed E-state index contributed by atoms with van der Waals surface area (Å²) in [5.74, 6) is -0.389. The zero-order valence-corrected chi connectivity index (χ0v) is 9.81. The number of rotatable bonds is 1. The van der Waals surface area contributed by atoms with Crippen LogP contribution in [-0.4, -0.2) is 14.7 Å². The van der Waals surface area contributed by atoms with Crippen LogP contribution in [0.15, 0.2) is 35.2 Å². The quantitative estimate of drug-likeness (QED) is 0.662. The number of hydrogen-bond donors (Lipinski definition) is 0. The van der Waals surface area contributed by atoms with Gasteiger partial charge in [0.2, 0.25) is 0 Å². The Hall–Kier alpha value is -1.68. The SMILES string of the molecule is CS(=O)(=O)c1[c]ccc2c3ccc(c(F)c3)c12. The Bertz CT molecular complexity index is 822. The third kappa shape index (κ3) is 1.41. The Morgan fingerprint density at radius 3 is 2.59 bits per heavy atom. The van der Waals surface area contributed by atoms with Crippen LogP contribution in [0, 0.1) is 11.9 Å². The number of sulfone groups is 1. The standard InChI is InChI=1S/C13H8FO2S/c1-17(15,16)12-4-2-3-9-8-5-6-10(13(9)12)11(14)7-8/h2-3,5-7H,1H3. The third-order valence-corrected chi connectivity index (χ3v) is 3.94. The van der Waals surface area contributed by atoms with Crippen LogP contribution in [0.25, 0.3) is 21.5 Å². The molecule has 0 N–H and O–H groups in total. The van der Waals surface area contributed by atoms with Gasteiger partial charge >= 0.3 is 0 Å². The number of hydrogen-bond acceptors (Lipinski definition) is 2. The van der Waals surface area contributed by atoms with Crippen molar-refractivity contribution in [3.05, 3.63) is 42.2 Å². The molecule has 4 aromatic rings. The molecule has 17 heavy (non-hydrogen) atoms. The highest BCUT2D eigenvalue weighted by molar-refractivity contribution is 7.91. The summed E-state index contributed by atoms with van der Waals surface area (Å²) in [5.41, 5.74) is 0. The van der Waals surface area contributed by atoms with Crippen LogP contribution >= 0.6 is 0 Å². The van der Waals surface area contributed by atoms with Gasteiger partial charge in [0.1, 0.15) is 5.82 Å². The van der Waals surface area contributed by atoms with Gasteiger partial charge in [-0.1, -0.05) is 24.3 Å². The van der Waals surface area contributed by atoms with E-state index in [1.165, 1.54) is 6.07 Å². The summed E-state index contributed by atoms with van der Waals surface area (Å²) in [7, 11) is -3.41. The molecule has 2 bridgehead atoms. The summed E-state index contributed by atoms with van der Waals surface area (Å²) in [6.45, 7) is 0. The second-order valence-electron chi connectivity index (χ2n) is 4.06. The maximum atomic E-state index is 13.7. The Morgan fingerprint density at radius 1 is 1.18 bits per heavy atom. The molecule has 0 amide bonds. The van der Waals surface area contributed by atoms with E-state index in [-0.39, 0.29) is 10.7 Å². The lowest BCUT2D eigenvalue weighted by Crippen LogP contribution is -2.00. The zero-order chi connectivity index (χ0) is 12.2. The lowest BCUT2D eigenvalue weighted by atomic mass is 9.99. The predicted octanol–water partition coefficient (Wildman–Crippen LogP) is 2.77. The van der Waals surface area contributed by atoms with E-state index >= 15 is 0 Å². The van der Waals surface area contributed by atoms with Crippen molar-refractivity contribution in [2.45, 2.75) is 4.90 Å². The van der Waals surface area contributed by atoms with Crippen molar-refractivity contribution in [2.75, 3.05) is 6.26 Å². The van der Waals surface area contributed by atoms with Crippen molar-refractivity contribution in [2.24, 2.45) is 0 Å². The molecule has 0 atom stereocenters. The van der Waals surface area contributed by atoms with Gasteiger partial charge in [0, 0.05) is 23.1 Å². The van der Waals surface area contributed by atoms with Crippen LogP contribution in [0.2, 0.25) is 0 Å². The first-order valence-electron chi connectivity index (χ1n) is 5.03. The first kappa shape index (κ1) is 10.5. The van der Waals surface area contributed by atoms with E-state index < -0.39 is 9.84 Å². The Labute approximate surface area is 97.9 Å². The van der Waals surface area contributed by atoms with Gasteiger partial charge in [0.15, 0.2) is 9.84 Å². The fraction of sp³-hybridized carbons (Fsp3) is 0.0769. The van der Waals surface area contributed by atoms with Crippen LogP contribution in [-0.2, 0) is 9.84 Å². The molecule has 0 saturated heterocycles. The molecule has 0 unspecified atom stereocenters. The molecule has 1 radical (unpaired) electrons. The molecule has 0 aliphatic rings. The molecule has 0 heterocycles. The van der Waals surface area contributed by atoms with Gasteiger partial charge in [-0.25, -0.2) is 12.8 Å². The largest absolute Gasteiger partial charge is 0.224 e. The summed E-state index contributed by atoms with van der Waals surface area (Å²) in [6, 6.07) is 10.8. The molecule has 4 heteroatoms. The van der Waals surface area contributed by atoms with E-state index in [0.29, 0.717) is 16.2 Å². The van der Waals surface area contributed by atoms with Crippen molar-refractivity contribution in [3.8, 4) is 0 Å². The molecular formula is C13H8FO2S. The topological polar surface area (TPSA) is 34.1 Å². The van der Waals surface area contributed by atoms with Gasteiger partial charge in [-0.3, -0.25) is 0 Å². The number of fused-ring (bicyclic) bond motifs is 2. The first-order chi connectivity index (χ1) is 7.98. The monoisotopic (exact) mass is 247 g/mol. The fourth-order valence-electron chi connectivity index (χ4n) is 2.16. The Kier molecular flexibility index (Phi) is 1.95. The minimum absolute atomic E-state index is 0.0649. The molecule has 0 aliphatic carbocycles. The lowest BCUT2D eigenvalue weighted by molar-refractivity contribution is 0.602. The van der Waals surface area contributed by atoms with Crippen molar-refractivity contribution in [3.63, 3.8) is 0 Å². The number of benzene rings is 4. The summed E-state index contributed by atoms with van der Waals surface area (Å²) in [5, 5.41) is 2.22. The van der Waals surface area contributed by atoms with Gasteiger partial charge in [0.25, 0.3) is 0 Å². The van der Waals surface area contributed by atoms with Gasteiger partial charge in [-0.2, -0.15) is 0 Å². The first-order valence-corrected chi connectivity index (χ1v) is 6.92. The molecule has 0 saturated carbocycles. The fourth-order valence-corrected chi connectivity index (χ4v) is 3.04. The average molecular weight is 247 g/mol. The van der Waals surface area contributed by atoms with Crippen molar-refractivity contribution < 1.29 is 12.8 Å².